The summed E-state index contributed by atoms with van der Waals surface area (Å²) in [5.74, 6) is -7.74. The number of fused-ring (bicyclic) bond motifs is 4. The molecule has 4 saturated carbocycles. The first-order chi connectivity index (χ1) is 54.7. The van der Waals surface area contributed by atoms with Gasteiger partial charge in [0.1, 0.15) is 30.0 Å². The highest BCUT2D eigenvalue weighted by Crippen LogP contribution is 2.57. The van der Waals surface area contributed by atoms with Crippen LogP contribution in [0.4, 0.5) is 4.79 Å². The highest BCUT2D eigenvalue weighted by Gasteiger charge is 2.73. The number of nitrogens with one attached hydrogen (secondary N) is 4. The quantitative estimate of drug-likeness (QED) is 0.0262. The molecule has 4 heterocycles. The fourth-order valence-electron chi connectivity index (χ4n) is 16.6. The van der Waals surface area contributed by atoms with E-state index in [9.17, 15) is 14.7 Å². The van der Waals surface area contributed by atoms with Gasteiger partial charge >= 0.3 is 12.1 Å². The zero-order valence-electron chi connectivity index (χ0n) is 62.4. The van der Waals surface area contributed by atoms with Crippen molar-refractivity contribution in [1.29, 1.82) is 0 Å². The van der Waals surface area contributed by atoms with Gasteiger partial charge in [-0.1, -0.05) is 243 Å². The average molecular weight is 1520 g/mol. The molecule has 4 amide bonds. The third-order valence-electron chi connectivity index (χ3n) is 22.2. The number of hydrogen-bond acceptors (Lipinski definition) is 18. The van der Waals surface area contributed by atoms with Gasteiger partial charge in [0.2, 0.25) is 17.7 Å². The maximum Gasteiger partial charge on any atom is 0.407 e. The highest BCUT2D eigenvalue weighted by molar-refractivity contribution is 5.86. The van der Waals surface area contributed by atoms with E-state index in [2.05, 4.69) is 21.3 Å². The Kier molecular flexibility index (Phi) is 23.5. The highest BCUT2D eigenvalue weighted by atomic mass is 16.6. The normalized spacial score (nSPS) is 31.6. The number of aliphatic carboxylic acids is 1. The number of alkyl carbamates (subject to hydrolysis) is 1. The summed E-state index contributed by atoms with van der Waals surface area (Å²) in [4.78, 5) is 73.8. The van der Waals surface area contributed by atoms with E-state index >= 15 is 14.4 Å². The Morgan fingerprint density at radius 3 is 0.804 bits per heavy atom. The molecule has 4 aliphatic heterocycles. The van der Waals surface area contributed by atoms with Gasteiger partial charge in [0.25, 0.3) is 0 Å². The van der Waals surface area contributed by atoms with E-state index in [0.717, 1.165) is 44.5 Å². The lowest BCUT2D eigenvalue weighted by Crippen LogP contribution is -2.56. The lowest BCUT2D eigenvalue weighted by molar-refractivity contribution is -0.202. The van der Waals surface area contributed by atoms with Crippen molar-refractivity contribution in [2.24, 2.45) is 41.4 Å². The third-order valence-corrected chi connectivity index (χ3v) is 22.2. The van der Waals surface area contributed by atoms with Crippen molar-refractivity contribution in [3.8, 4) is 0 Å². The number of hydrogen-bond donors (Lipinski definition) is 5. The van der Waals surface area contributed by atoms with E-state index in [4.69, 9.17) is 61.6 Å². The molecule has 8 aromatic carbocycles. The number of carbonyl (C=O) groups is 5. The summed E-state index contributed by atoms with van der Waals surface area (Å²) < 4.78 is 87.9. The van der Waals surface area contributed by atoms with Crippen molar-refractivity contribution in [1.82, 2.24) is 21.3 Å². The topological polar surface area (TPSA) is 274 Å². The summed E-state index contributed by atoms with van der Waals surface area (Å²) >= 11 is 0. The van der Waals surface area contributed by atoms with E-state index < -0.39 is 175 Å². The number of carboxylic acid groups (broad SMARTS) is 1. The fourth-order valence-corrected chi connectivity index (χ4v) is 16.6. The summed E-state index contributed by atoms with van der Waals surface area (Å²) in [6.45, 7) is 6.23. The Hall–Kier alpha value is -9.57. The van der Waals surface area contributed by atoms with Crippen molar-refractivity contribution in [2.75, 3.05) is 0 Å². The second-order valence-corrected chi connectivity index (χ2v) is 31.1. The second kappa shape index (κ2) is 34.4. The smallest absolute Gasteiger partial charge is 0.407 e. The molecule has 8 aliphatic rings. The summed E-state index contributed by atoms with van der Waals surface area (Å²) in [7, 11) is 0. The molecular weight excluding hydrogens is 1430 g/mol. The maximum atomic E-state index is 15.9. The van der Waals surface area contributed by atoms with Gasteiger partial charge in [0.05, 0.1) is 125 Å². The first kappa shape index (κ1) is 76.4. The first-order valence-corrected chi connectivity index (χ1v) is 38.7. The molecule has 0 bridgehead atoms. The number of benzene rings is 8. The van der Waals surface area contributed by atoms with Crippen molar-refractivity contribution < 1.29 is 90.7 Å². The molecule has 112 heavy (non-hydrogen) atoms. The van der Waals surface area contributed by atoms with Crippen LogP contribution in [0, 0.1) is 41.4 Å². The minimum Gasteiger partial charge on any atom is -0.479 e. The molecule has 0 aromatic heterocycles. The maximum absolute atomic E-state index is 15.9. The molecule has 24 atom stereocenters. The van der Waals surface area contributed by atoms with Gasteiger partial charge in [0.15, 0.2) is 24.8 Å². The van der Waals surface area contributed by atoms with Crippen LogP contribution in [0.1, 0.15) is 65.3 Å². The number of ether oxygens (including phenoxy) is 13. The number of carboxylic acids is 1. The van der Waals surface area contributed by atoms with E-state index in [1.165, 1.54) is 0 Å². The predicted molar refractivity (Wildman–Crippen MR) is 404 cm³/mol. The van der Waals surface area contributed by atoms with Crippen molar-refractivity contribution >= 4 is 29.8 Å². The number of carbonyl (C=O) groups excluding carboxylic acids is 4. The summed E-state index contributed by atoms with van der Waals surface area (Å²) in [6, 6.07) is 76.1. The van der Waals surface area contributed by atoms with Gasteiger partial charge in [-0.25, -0.2) is 9.59 Å². The van der Waals surface area contributed by atoms with Gasteiger partial charge in [-0.3, -0.25) is 14.4 Å². The minimum absolute atomic E-state index is 0.0587. The molecule has 0 radical (unpaired) electrons. The summed E-state index contributed by atoms with van der Waals surface area (Å²) in [5.41, 5.74) is 6.01. The fraction of sp³-hybridized carbons (Fsp3) is 0.404. The van der Waals surface area contributed by atoms with Gasteiger partial charge in [0, 0.05) is 23.7 Å². The van der Waals surface area contributed by atoms with Crippen LogP contribution >= 0.6 is 0 Å². The van der Waals surface area contributed by atoms with Crippen molar-refractivity contribution in [3.05, 3.63) is 287 Å². The van der Waals surface area contributed by atoms with E-state index in [1.54, 1.807) is 20.8 Å². The molecule has 23 heteroatoms. The minimum atomic E-state index is -1.49. The molecule has 23 nitrogen and oxygen atoms in total. The average Bonchev–Trinajstić information content (AvgIpc) is 1.56. The van der Waals surface area contributed by atoms with Gasteiger partial charge < -0.3 is 88.0 Å². The second-order valence-electron chi connectivity index (χ2n) is 31.1. The SMILES string of the molecule is CC(C)(C)OC(=O)N[C@@H]1[C@H]2O[C@H](NC(=O)[C@@H]3[C@H]4O[C@H](NC(=O)[C@@H]5[C@H]6O[C@H](NC(=O)[C@@H]7[C@H]8O[C@H](C(=O)O)[C@@H](OCc9ccccc9)[C@H](OCc9ccccc9)[C@H]87)[C@@H](OCc7ccccc7)[C@H](OCc7ccccc7)[C@H]65)[C@@H](OCc5ccccc5)[C@H](OCc5ccccc5)[C@H]43)[C@@H](OCc3ccccc3)[C@H](OCc3ccccc3)[C@@H]12. The molecule has 4 saturated heterocycles. The molecule has 0 unspecified atom stereocenters. The first-order valence-electron chi connectivity index (χ1n) is 38.7. The number of rotatable bonds is 32. The van der Waals surface area contributed by atoms with Crippen molar-refractivity contribution in [3.63, 3.8) is 0 Å². The van der Waals surface area contributed by atoms with Crippen LogP contribution in [0.3, 0.4) is 0 Å². The zero-order valence-corrected chi connectivity index (χ0v) is 62.4. The summed E-state index contributed by atoms with van der Waals surface area (Å²) in [5, 5.41) is 23.5. The van der Waals surface area contributed by atoms with Crippen LogP contribution < -0.4 is 21.3 Å². The van der Waals surface area contributed by atoms with Crippen LogP contribution in [0.2, 0.25) is 0 Å². The molecule has 4 aliphatic carbocycles. The molecule has 5 N–H and O–H groups in total. The number of amides is 4. The largest absolute Gasteiger partial charge is 0.479 e. The van der Waals surface area contributed by atoms with Crippen LogP contribution in [0.15, 0.2) is 243 Å². The molecule has 584 valence electrons. The van der Waals surface area contributed by atoms with Crippen molar-refractivity contribution in [2.45, 2.75) is 183 Å². The lowest BCUT2D eigenvalue weighted by Gasteiger charge is -2.38. The Morgan fingerprint density at radius 2 is 0.536 bits per heavy atom. The molecule has 8 fully saturated rings. The molecule has 16 rings (SSSR count). The van der Waals surface area contributed by atoms with E-state index in [0.29, 0.717) is 0 Å². The molecule has 8 aromatic rings. The van der Waals surface area contributed by atoms with Crippen LogP contribution in [0.25, 0.3) is 0 Å². The molecular formula is C89H94N4O19. The third kappa shape index (κ3) is 17.9. The zero-order chi connectivity index (χ0) is 76.8. The summed E-state index contributed by atoms with van der Waals surface area (Å²) in [6.07, 6.45) is -16.3. The standard InChI is InChI=1S/C89H94N4O19/c1-89(2,3)112-88(99)90-67-66-71(67)111-86(79(107-51-59-42-26-11-27-43-59)75(66)103-47-55-34-18-7-19-35-55)93-83(96)65-62-70(65)110-85(78(106-50-58-40-24-10-25-41-58)74(62)102-46-54-32-16-6-17-33-54)92-82(95)64-61-69(64)109-84(77(105-49-57-38-22-9-23-39-57)73(61)101-45-53-30-14-5-15-31-53)91-81(94)63-60-68(63)108-80(87(97)98)76(104-48-56-36-20-8-21-37-56)72(60)100-44-52-28-12-4-13-29-52/h4-43,60-80,84-86H,44-51H2,1-3H3,(H,90,99)(H,91,94)(H,92,95)(H,93,96)(H,97,98)/t60-,61-,62-,63-,64-,65-,66-,67-,68-,69-,70-,71-,72+,73+,74+,75+,76-,77-,78-,79-,80-,84-,85-,86-/m0/s1. The lowest BCUT2D eigenvalue weighted by atomic mass is 9.99. The van der Waals surface area contributed by atoms with Crippen LogP contribution in [-0.2, 0) is 134 Å². The molecule has 0 spiro atoms. The van der Waals surface area contributed by atoms with Gasteiger partial charge in [-0.05, 0) is 65.3 Å². The van der Waals surface area contributed by atoms with E-state index in [1.807, 2.05) is 243 Å². The van der Waals surface area contributed by atoms with E-state index in [-0.39, 0.29) is 58.8 Å². The van der Waals surface area contributed by atoms with Gasteiger partial charge in [-0.2, -0.15) is 0 Å². The van der Waals surface area contributed by atoms with Crippen LogP contribution in [0.5, 0.6) is 0 Å². The Morgan fingerprint density at radius 1 is 0.304 bits per heavy atom. The monoisotopic (exact) mass is 1520 g/mol. The Balaban J connectivity index is 0.692. The Labute approximate surface area is 650 Å². The van der Waals surface area contributed by atoms with Gasteiger partial charge in [-0.15, -0.1) is 0 Å². The predicted octanol–water partition coefficient (Wildman–Crippen LogP) is 10.3. The Bertz CT molecular complexity index is 4450. The van der Waals surface area contributed by atoms with Crippen LogP contribution in [-0.4, -0.2) is 145 Å².